The summed E-state index contributed by atoms with van der Waals surface area (Å²) in [5.74, 6) is 0.729. The molecule has 172 valence electrons. The molecule has 0 aliphatic carbocycles. The fourth-order valence-corrected chi connectivity index (χ4v) is 5.02. The van der Waals surface area contributed by atoms with E-state index >= 15 is 0 Å². The van der Waals surface area contributed by atoms with Gasteiger partial charge in [-0.1, -0.05) is 5.16 Å². The van der Waals surface area contributed by atoms with Crippen molar-refractivity contribution in [2.75, 3.05) is 36.9 Å². The first-order valence-corrected chi connectivity index (χ1v) is 11.9. The van der Waals surface area contributed by atoms with E-state index in [0.29, 0.717) is 23.3 Å². The highest BCUT2D eigenvalue weighted by atomic mass is 32.2. The molecule has 2 aromatic carbocycles. The van der Waals surface area contributed by atoms with E-state index in [4.69, 9.17) is 14.0 Å². The van der Waals surface area contributed by atoms with Gasteiger partial charge in [0.15, 0.2) is 11.4 Å². The Morgan fingerprint density at radius 1 is 1.12 bits per heavy atom. The number of hydrogen-bond acceptors (Lipinski definition) is 8. The van der Waals surface area contributed by atoms with Crippen LogP contribution in [0, 0.1) is 0 Å². The zero-order chi connectivity index (χ0) is 23.0. The second kappa shape index (κ2) is 8.32. The van der Waals surface area contributed by atoms with Crippen LogP contribution in [0.5, 0.6) is 11.5 Å². The Balaban J connectivity index is 1.51. The predicted octanol–water partition coefficient (Wildman–Crippen LogP) is 3.10. The van der Waals surface area contributed by atoms with E-state index in [1.54, 1.807) is 29.1 Å². The standard InChI is InChI=1S/C22H23N5O5S/c1-30-17-6-5-16(26-8-4-9-26)13-20(17)33(28,29)25-22-21-18(31-2)11-15(12-19(21)32-24-22)14-27-10-3-7-23-27/h3,5-7,10-13H,4,8-9,14H2,1-2H3,(H,24,25). The van der Waals surface area contributed by atoms with Crippen LogP contribution < -0.4 is 19.1 Å². The van der Waals surface area contributed by atoms with Crippen LogP contribution >= 0.6 is 0 Å². The minimum Gasteiger partial charge on any atom is -0.496 e. The fraction of sp³-hybridized carbons (Fsp3) is 0.273. The predicted molar refractivity (Wildman–Crippen MR) is 123 cm³/mol. The molecule has 10 nitrogen and oxygen atoms in total. The summed E-state index contributed by atoms with van der Waals surface area (Å²) in [7, 11) is -1.08. The lowest BCUT2D eigenvalue weighted by Crippen LogP contribution is -2.37. The lowest BCUT2D eigenvalue weighted by atomic mass is 10.1. The Labute approximate surface area is 190 Å². The molecular formula is C22H23N5O5S. The highest BCUT2D eigenvalue weighted by molar-refractivity contribution is 7.92. The van der Waals surface area contributed by atoms with Crippen LogP contribution in [-0.2, 0) is 16.6 Å². The van der Waals surface area contributed by atoms with E-state index in [-0.39, 0.29) is 16.5 Å². The van der Waals surface area contributed by atoms with Crippen molar-refractivity contribution >= 4 is 32.5 Å². The topological polar surface area (TPSA) is 112 Å². The van der Waals surface area contributed by atoms with Gasteiger partial charge in [0.05, 0.1) is 20.8 Å². The molecule has 4 aromatic rings. The summed E-state index contributed by atoms with van der Waals surface area (Å²) in [6, 6.07) is 10.6. The Kier molecular flexibility index (Phi) is 5.33. The summed E-state index contributed by atoms with van der Waals surface area (Å²) >= 11 is 0. The Morgan fingerprint density at radius 3 is 2.61 bits per heavy atom. The van der Waals surface area contributed by atoms with Crippen molar-refractivity contribution in [1.82, 2.24) is 14.9 Å². The van der Waals surface area contributed by atoms with Crippen LogP contribution in [0.25, 0.3) is 11.0 Å². The van der Waals surface area contributed by atoms with Crippen LogP contribution in [0.2, 0.25) is 0 Å². The maximum Gasteiger partial charge on any atom is 0.266 e. The number of anilines is 2. The molecule has 1 fully saturated rings. The van der Waals surface area contributed by atoms with Crippen molar-refractivity contribution in [2.45, 2.75) is 17.9 Å². The van der Waals surface area contributed by atoms with Gasteiger partial charge < -0.3 is 18.9 Å². The van der Waals surface area contributed by atoms with Crippen LogP contribution in [0.4, 0.5) is 11.5 Å². The second-order valence-electron chi connectivity index (χ2n) is 7.69. The molecule has 1 saturated heterocycles. The third-order valence-electron chi connectivity index (χ3n) is 5.61. The van der Waals surface area contributed by atoms with Gasteiger partial charge in [0, 0.05) is 31.2 Å². The SMILES string of the molecule is COc1ccc(N2CCC2)cc1S(=O)(=O)Nc1noc2cc(Cn3cccn3)cc(OC)c12. The van der Waals surface area contributed by atoms with Crippen molar-refractivity contribution < 1.29 is 22.4 Å². The molecule has 0 unspecified atom stereocenters. The molecule has 3 heterocycles. The van der Waals surface area contributed by atoms with E-state index in [0.717, 1.165) is 30.8 Å². The minimum atomic E-state index is -4.03. The number of aromatic nitrogens is 3. The molecule has 0 radical (unpaired) electrons. The summed E-state index contributed by atoms with van der Waals surface area (Å²) in [6.07, 6.45) is 4.63. The van der Waals surface area contributed by atoms with Crippen LogP contribution in [-0.4, -0.2) is 50.7 Å². The van der Waals surface area contributed by atoms with Gasteiger partial charge in [0.1, 0.15) is 21.8 Å². The van der Waals surface area contributed by atoms with Crippen molar-refractivity contribution in [1.29, 1.82) is 0 Å². The summed E-state index contributed by atoms with van der Waals surface area (Å²) in [4.78, 5) is 2.13. The third kappa shape index (κ3) is 3.95. The molecule has 0 amide bonds. The summed E-state index contributed by atoms with van der Waals surface area (Å²) in [6.45, 7) is 2.29. The first kappa shape index (κ1) is 21.1. The number of methoxy groups -OCH3 is 2. The Hall–Kier alpha value is -3.73. The van der Waals surface area contributed by atoms with Crippen molar-refractivity contribution in [3.8, 4) is 11.5 Å². The first-order valence-electron chi connectivity index (χ1n) is 10.4. The number of fused-ring (bicyclic) bond motifs is 1. The molecule has 0 bridgehead atoms. The number of rotatable bonds is 8. The van der Waals surface area contributed by atoms with Gasteiger partial charge in [-0.3, -0.25) is 9.40 Å². The Bertz CT molecular complexity index is 1390. The Morgan fingerprint density at radius 2 is 1.94 bits per heavy atom. The van der Waals surface area contributed by atoms with Gasteiger partial charge >= 0.3 is 0 Å². The number of sulfonamides is 1. The first-order chi connectivity index (χ1) is 16.0. The van der Waals surface area contributed by atoms with Gasteiger partial charge in [-0.2, -0.15) is 5.10 Å². The zero-order valence-corrected chi connectivity index (χ0v) is 19.0. The molecule has 1 N–H and O–H groups in total. The van der Waals surface area contributed by atoms with Crippen molar-refractivity contribution in [3.63, 3.8) is 0 Å². The average molecular weight is 470 g/mol. The summed E-state index contributed by atoms with van der Waals surface area (Å²) in [5.41, 5.74) is 2.10. The number of nitrogens with one attached hydrogen (secondary N) is 1. The smallest absolute Gasteiger partial charge is 0.266 e. The van der Waals surface area contributed by atoms with Crippen molar-refractivity contribution in [3.05, 3.63) is 54.4 Å². The van der Waals surface area contributed by atoms with Gasteiger partial charge in [-0.15, -0.1) is 0 Å². The molecule has 11 heteroatoms. The number of hydrogen-bond donors (Lipinski definition) is 1. The third-order valence-corrected chi connectivity index (χ3v) is 6.97. The highest BCUT2D eigenvalue weighted by Crippen LogP contribution is 2.37. The van der Waals surface area contributed by atoms with Crippen molar-refractivity contribution in [2.24, 2.45) is 0 Å². The molecule has 5 rings (SSSR count). The molecule has 1 aliphatic heterocycles. The maximum absolute atomic E-state index is 13.3. The molecule has 33 heavy (non-hydrogen) atoms. The highest BCUT2D eigenvalue weighted by Gasteiger charge is 2.26. The molecule has 0 saturated carbocycles. The molecule has 2 aromatic heterocycles. The molecule has 1 aliphatic rings. The van der Waals surface area contributed by atoms with E-state index in [1.165, 1.54) is 14.2 Å². The number of nitrogens with zero attached hydrogens (tertiary/aromatic N) is 4. The van der Waals surface area contributed by atoms with Gasteiger partial charge in [-0.25, -0.2) is 8.42 Å². The number of benzene rings is 2. The fourth-order valence-electron chi connectivity index (χ4n) is 3.82. The average Bonchev–Trinajstić information content (AvgIpc) is 3.42. The van der Waals surface area contributed by atoms with Gasteiger partial charge in [0.25, 0.3) is 10.0 Å². The molecule has 0 spiro atoms. The second-order valence-corrected chi connectivity index (χ2v) is 9.34. The normalized spacial score (nSPS) is 13.7. The van der Waals surface area contributed by atoms with Gasteiger partial charge in [-0.05, 0) is 48.4 Å². The monoisotopic (exact) mass is 469 g/mol. The van der Waals surface area contributed by atoms with E-state index in [2.05, 4.69) is 19.9 Å². The zero-order valence-electron chi connectivity index (χ0n) is 18.2. The lowest BCUT2D eigenvalue weighted by molar-refractivity contribution is 0.402. The minimum absolute atomic E-state index is 0.0276. The quantitative estimate of drug-likeness (QED) is 0.419. The molecular weight excluding hydrogens is 446 g/mol. The van der Waals surface area contributed by atoms with Crippen LogP contribution in [0.1, 0.15) is 12.0 Å². The van der Waals surface area contributed by atoms with E-state index < -0.39 is 10.0 Å². The number of ether oxygens (including phenoxy) is 2. The van der Waals surface area contributed by atoms with Crippen LogP contribution in [0.3, 0.4) is 0 Å². The lowest BCUT2D eigenvalue weighted by Gasteiger charge is -2.33. The molecule has 0 atom stereocenters. The van der Waals surface area contributed by atoms with Crippen LogP contribution in [0.15, 0.2) is 58.2 Å². The summed E-state index contributed by atoms with van der Waals surface area (Å²) in [5, 5.41) is 8.61. The summed E-state index contributed by atoms with van der Waals surface area (Å²) < 4.78 is 47.3. The van der Waals surface area contributed by atoms with E-state index in [9.17, 15) is 8.42 Å². The van der Waals surface area contributed by atoms with Gasteiger partial charge in [0.2, 0.25) is 0 Å². The van der Waals surface area contributed by atoms with E-state index in [1.807, 2.05) is 24.4 Å². The largest absolute Gasteiger partial charge is 0.496 e. The maximum atomic E-state index is 13.3.